The lowest BCUT2D eigenvalue weighted by Gasteiger charge is -2.22. The highest BCUT2D eigenvalue weighted by Crippen LogP contribution is 2.54. The zero-order valence-electron chi connectivity index (χ0n) is 67.4. The average molecular weight is 1780 g/mol. The zero-order valence-corrected chi connectivity index (χ0v) is 70.1. The molecular weight excluding hydrogens is 1680 g/mol. The van der Waals surface area contributed by atoms with Crippen LogP contribution in [0.2, 0.25) is 0 Å². The van der Waals surface area contributed by atoms with Crippen molar-refractivity contribution in [3.8, 4) is 0 Å². The number of fused-ring (bicyclic) bond motifs is 3. The molecular formula is C79H93F5N15O21P3. The molecule has 6 aliphatic rings. The summed E-state index contributed by atoms with van der Waals surface area (Å²) < 4.78 is 201. The summed E-state index contributed by atoms with van der Waals surface area (Å²) in [6, 6.07) is 13.7. The molecule has 6 aromatic heterocycles. The molecule has 4 unspecified atom stereocenters. The minimum Gasteiger partial charge on any atom is -0.427 e. The van der Waals surface area contributed by atoms with Gasteiger partial charge in [0.1, 0.15) is 56.3 Å². The number of allylic oxidation sites excluding steroid dienone is 3. The van der Waals surface area contributed by atoms with Crippen molar-refractivity contribution < 1.29 is 105 Å². The van der Waals surface area contributed by atoms with Gasteiger partial charge in [-0.15, -0.1) is 0 Å². The summed E-state index contributed by atoms with van der Waals surface area (Å²) >= 11 is 0. The number of ether oxygens (including phenoxy) is 9. The predicted molar refractivity (Wildman–Crippen MR) is 434 cm³/mol. The first-order valence-electron chi connectivity index (χ1n) is 39.3. The van der Waals surface area contributed by atoms with Gasteiger partial charge in [0.25, 0.3) is 34.5 Å². The van der Waals surface area contributed by atoms with Gasteiger partial charge in [-0.25, -0.2) is 36.9 Å². The number of aromatic amines is 3. The number of alkyl halides is 2. The summed E-state index contributed by atoms with van der Waals surface area (Å²) in [4.78, 5) is 67.6. The van der Waals surface area contributed by atoms with E-state index < -0.39 is 101 Å². The van der Waals surface area contributed by atoms with Gasteiger partial charge >= 0.3 is 22.8 Å². The highest BCUT2D eigenvalue weighted by Gasteiger charge is 2.45. The molecule has 660 valence electrons. The Morgan fingerprint density at radius 2 is 0.748 bits per heavy atom. The fourth-order valence-corrected chi connectivity index (χ4v) is 17.8. The maximum atomic E-state index is 14.1. The number of nitrogens with zero attached hydrogens (tertiary/aromatic N) is 9. The van der Waals surface area contributed by atoms with Crippen molar-refractivity contribution >= 4 is 74.1 Å². The number of rotatable bonds is 36. The minimum absolute atomic E-state index is 0.0166. The third-order valence-electron chi connectivity index (χ3n) is 20.5. The van der Waals surface area contributed by atoms with Gasteiger partial charge in [-0.05, 0) is 124 Å². The van der Waals surface area contributed by atoms with Crippen molar-refractivity contribution in [1.29, 1.82) is 0 Å². The van der Waals surface area contributed by atoms with Crippen LogP contribution in [0.5, 0.6) is 0 Å². The van der Waals surface area contributed by atoms with Crippen LogP contribution in [0.15, 0.2) is 160 Å². The summed E-state index contributed by atoms with van der Waals surface area (Å²) in [6.07, 6.45) is 11.8. The Morgan fingerprint density at radius 3 is 1.05 bits per heavy atom. The first kappa shape index (κ1) is 90.1. The van der Waals surface area contributed by atoms with Crippen LogP contribution in [-0.2, 0) is 123 Å². The molecule has 3 aliphatic carbocycles. The number of hydrogen-bond donors (Lipinski definition) is 6. The highest BCUT2D eigenvalue weighted by atomic mass is 31.2. The van der Waals surface area contributed by atoms with Gasteiger partial charge in [0.15, 0.2) is 68.0 Å². The summed E-state index contributed by atoms with van der Waals surface area (Å²) in [5.74, 6) is -1.99. The van der Waals surface area contributed by atoms with Gasteiger partial charge in [-0.2, -0.15) is 15.0 Å². The molecule has 3 aromatic carbocycles. The van der Waals surface area contributed by atoms with E-state index in [2.05, 4.69) is 64.6 Å². The molecule has 9 N–H and O–H groups in total. The second-order valence-electron chi connectivity index (χ2n) is 29.7. The molecule has 123 heavy (non-hydrogen) atoms. The number of aryl methyl sites for hydroxylation is 3. The van der Waals surface area contributed by atoms with Crippen LogP contribution in [-0.4, -0.2) is 123 Å². The highest BCUT2D eigenvalue weighted by molar-refractivity contribution is 7.54. The zero-order chi connectivity index (χ0) is 87.3. The Labute approximate surface area is 699 Å². The van der Waals surface area contributed by atoms with Crippen molar-refractivity contribution in [1.82, 2.24) is 58.6 Å². The fraction of sp³-hybridized carbons (Fsp3) is 0.430. The summed E-state index contributed by atoms with van der Waals surface area (Å²) in [5.41, 5.74) is 19.5. The van der Waals surface area contributed by atoms with Crippen molar-refractivity contribution in [2.24, 2.45) is 17.8 Å². The van der Waals surface area contributed by atoms with Gasteiger partial charge < -0.3 is 87.1 Å². The third-order valence-corrected chi connectivity index (χ3v) is 25.1. The number of H-pyrrole nitrogens is 3. The number of hydrogen-bond acceptors (Lipinski definition) is 30. The van der Waals surface area contributed by atoms with Gasteiger partial charge in [0, 0.05) is 50.2 Å². The number of nitrogen functional groups attached to an aromatic ring is 3. The van der Waals surface area contributed by atoms with E-state index >= 15 is 0 Å². The van der Waals surface area contributed by atoms with Crippen molar-refractivity contribution in [3.63, 3.8) is 0 Å². The van der Waals surface area contributed by atoms with Gasteiger partial charge in [0.2, 0.25) is 23.8 Å². The molecule has 0 bridgehead atoms. The Hall–Kier alpha value is -10.7. The Bertz CT molecular complexity index is 5860. The van der Waals surface area contributed by atoms with E-state index in [0.717, 1.165) is 51.4 Å². The number of nitrogens with one attached hydrogen (secondary N) is 3. The van der Waals surface area contributed by atoms with Gasteiger partial charge in [-0.1, -0.05) is 68.5 Å². The second kappa shape index (κ2) is 39.9. The van der Waals surface area contributed by atoms with Crippen molar-refractivity contribution in [3.05, 3.63) is 228 Å². The van der Waals surface area contributed by atoms with E-state index in [4.69, 9.17) is 87.0 Å². The van der Waals surface area contributed by atoms with Gasteiger partial charge in [-0.3, -0.25) is 56.6 Å². The van der Waals surface area contributed by atoms with Crippen LogP contribution in [0.25, 0.3) is 33.5 Å². The number of nitrogens with two attached hydrogens (primary N) is 3. The lowest BCUT2D eigenvalue weighted by atomic mass is 9.87. The largest absolute Gasteiger partial charge is 0.427 e. The van der Waals surface area contributed by atoms with Crippen LogP contribution in [0, 0.1) is 56.0 Å². The van der Waals surface area contributed by atoms with E-state index in [9.17, 15) is 50.0 Å². The Kier molecular flexibility index (Phi) is 29.2. The van der Waals surface area contributed by atoms with Gasteiger partial charge in [0.05, 0.1) is 58.6 Å². The number of imidazole rings is 3. The van der Waals surface area contributed by atoms with E-state index in [0.29, 0.717) is 67.7 Å². The first-order valence-corrected chi connectivity index (χ1v) is 44.5. The SMILES string of the molecule is C=C1OC(COP(=O)(COCCn2cnc3c(=O)[nH]c(N)nc32)OCc2ccc(C)c(F)c2)=C(C2CCC(F)(F)C2)O1.C=C1OC(COP(=O)(COCCn2cnc3c(=O)[nH]c(N)nc32)OCc2ccc(C)c(F)c2)=C(C2CCCC2)O1.C=C1OC(COP(=O)(COCCn2cnc3c(=O)[nH]c(N)nc32)OCc2ccc(C)c(F)c2)=C(C2CCCCC2)O1. The maximum absolute atomic E-state index is 14.1. The molecule has 15 rings (SSSR count). The Morgan fingerprint density at radius 1 is 0.447 bits per heavy atom. The molecule has 44 heteroatoms. The third kappa shape index (κ3) is 23.6. The van der Waals surface area contributed by atoms with Crippen LogP contribution < -0.4 is 33.9 Å². The van der Waals surface area contributed by atoms with Crippen LogP contribution in [0.1, 0.15) is 110 Å². The monoisotopic (exact) mass is 1780 g/mol. The van der Waals surface area contributed by atoms with Crippen LogP contribution in [0.3, 0.4) is 0 Å². The smallest absolute Gasteiger partial charge is 0.356 e. The minimum atomic E-state index is -4.05. The maximum Gasteiger partial charge on any atom is 0.356 e. The fourth-order valence-electron chi connectivity index (χ4n) is 14.1. The van der Waals surface area contributed by atoms with E-state index in [1.54, 1.807) is 66.3 Å². The molecule has 3 saturated carbocycles. The normalized spacial score (nSPS) is 18.2. The van der Waals surface area contributed by atoms with E-state index in [-0.39, 0.29) is 167 Å². The molecule has 3 fully saturated rings. The summed E-state index contributed by atoms with van der Waals surface area (Å²) in [7, 11) is -11.8. The molecule has 9 heterocycles. The molecule has 0 saturated heterocycles. The molecule has 9 aromatic rings. The number of halogens is 5. The molecule has 3 aliphatic heterocycles. The van der Waals surface area contributed by atoms with E-state index in [1.165, 1.54) is 48.2 Å². The number of benzene rings is 3. The molecule has 0 radical (unpaired) electrons. The van der Waals surface area contributed by atoms with Crippen LogP contribution >= 0.6 is 22.8 Å². The molecule has 36 nitrogen and oxygen atoms in total. The lowest BCUT2D eigenvalue weighted by Crippen LogP contribution is -2.14. The van der Waals surface area contributed by atoms with Crippen LogP contribution in [0.4, 0.5) is 39.8 Å². The topological polar surface area (TPSA) is 458 Å². The molecule has 0 spiro atoms. The van der Waals surface area contributed by atoms with Crippen molar-refractivity contribution in [2.45, 2.75) is 143 Å². The second-order valence-corrected chi connectivity index (χ2v) is 35.7. The predicted octanol–water partition coefficient (Wildman–Crippen LogP) is 14.0. The average Bonchev–Trinajstić information content (AvgIpc) is 1.68. The van der Waals surface area contributed by atoms with E-state index in [1.807, 2.05) is 0 Å². The quantitative estimate of drug-likeness (QED) is 0.0121. The summed E-state index contributed by atoms with van der Waals surface area (Å²) in [5, 5.41) is 0. The standard InChI is InChI=1S/C27H33FN5O7P.C26H29F3N5O7P.C26H31FN5O7P/c1-17-8-9-19(12-21(17)28)13-37-41(35,38-14-22-24(40-18(2)39-22)20-6-4-3-5-7-20)16-36-11-10-33-15-30-23-25(33)31-27(29)32-26(23)34;1-15-3-4-17(9-19(15)27)11-38-42(36,14-37-8-7-34-13-31-21-23(34)32-25(30)33-24(21)35)39-12-20-22(41-16(2)40-20)18-5-6-26(28,29)10-18;1-16-7-8-18(11-20(16)27)12-36-40(34,37-13-21-23(39-17(2)38-21)19-5-3-4-6-19)15-35-10-9-32-14-29-22-24(32)30-26(28)31-25(22)33/h8-9,12,15,20H,2-7,10-11,13-14,16H2,1H3,(H3,29,31,32,34);3-4,9,13,18H,2,5-8,10-12,14H2,1H3,(H3,30,32,33,35);7-8,11,14,19H,2-6,9-10,12-13,15H2,1H3,(H3,28,30,31,33). The first-order chi connectivity index (χ1) is 58.8. The number of aromatic nitrogens is 12. The summed E-state index contributed by atoms with van der Waals surface area (Å²) in [6.45, 7) is 15.4. The Balaban J connectivity index is 0.000000159. The number of anilines is 3. The van der Waals surface area contributed by atoms with Crippen molar-refractivity contribution in [2.75, 3.05) is 75.9 Å². The molecule has 0 amide bonds. The molecule has 4 atom stereocenters. The lowest BCUT2D eigenvalue weighted by molar-refractivity contribution is 0.00451.